The second-order valence-corrected chi connectivity index (χ2v) is 8.62. The van der Waals surface area contributed by atoms with Gasteiger partial charge in [0.05, 0.1) is 10.6 Å². The molecule has 146 valence electrons. The maximum Gasteiger partial charge on any atom is 0.264 e. The van der Waals surface area contributed by atoms with E-state index in [1.54, 1.807) is 36.4 Å². The highest BCUT2D eigenvalue weighted by Crippen LogP contribution is 2.25. The SMILES string of the molecule is CN(c1cccc(Cl)c1)S(=O)(=O)c1cccc(C(=O)NCC2CNC2)c1.Cl. The van der Waals surface area contributed by atoms with E-state index in [0.29, 0.717) is 28.7 Å². The number of hydrogen-bond acceptors (Lipinski definition) is 4. The summed E-state index contributed by atoms with van der Waals surface area (Å²) >= 11 is 5.95. The maximum absolute atomic E-state index is 12.9. The maximum atomic E-state index is 12.9. The molecule has 2 aromatic carbocycles. The number of hydrogen-bond donors (Lipinski definition) is 2. The number of carbonyl (C=O) groups excluding carboxylic acids is 1. The summed E-state index contributed by atoms with van der Waals surface area (Å²) in [6.07, 6.45) is 0. The zero-order valence-corrected chi connectivity index (χ0v) is 17.1. The van der Waals surface area contributed by atoms with Gasteiger partial charge in [0.15, 0.2) is 0 Å². The van der Waals surface area contributed by atoms with Crippen molar-refractivity contribution < 1.29 is 13.2 Å². The minimum Gasteiger partial charge on any atom is -0.352 e. The van der Waals surface area contributed by atoms with Crippen LogP contribution < -0.4 is 14.9 Å². The second kappa shape index (κ2) is 8.93. The Morgan fingerprint density at radius 3 is 2.56 bits per heavy atom. The number of halogens is 2. The Labute approximate surface area is 170 Å². The van der Waals surface area contributed by atoms with Gasteiger partial charge in [-0.05, 0) is 36.4 Å². The van der Waals surface area contributed by atoms with Crippen LogP contribution in [-0.2, 0) is 10.0 Å². The van der Waals surface area contributed by atoms with Gasteiger partial charge in [-0.25, -0.2) is 8.42 Å². The molecular weight excluding hydrogens is 409 g/mol. The largest absolute Gasteiger partial charge is 0.352 e. The van der Waals surface area contributed by atoms with E-state index in [4.69, 9.17) is 11.6 Å². The molecule has 1 aliphatic heterocycles. The Kier molecular flexibility index (Phi) is 7.11. The molecular formula is C18H21Cl2N3O3S. The molecule has 1 amide bonds. The zero-order valence-electron chi connectivity index (χ0n) is 14.7. The highest BCUT2D eigenvalue weighted by atomic mass is 35.5. The molecule has 1 saturated heterocycles. The van der Waals surface area contributed by atoms with Crippen molar-refractivity contribution in [3.63, 3.8) is 0 Å². The minimum absolute atomic E-state index is 0. The standard InChI is InChI=1S/C18H20ClN3O3S.ClH/c1-22(16-6-3-5-15(19)9-16)26(24,25)17-7-2-4-14(8-17)18(23)21-12-13-10-20-11-13;/h2-9,13,20H,10-12H2,1H3,(H,21,23);1H. The van der Waals surface area contributed by atoms with Crippen LogP contribution in [0.25, 0.3) is 0 Å². The molecule has 1 heterocycles. The van der Waals surface area contributed by atoms with Crippen LogP contribution in [0.4, 0.5) is 5.69 Å². The number of sulfonamides is 1. The molecule has 27 heavy (non-hydrogen) atoms. The smallest absolute Gasteiger partial charge is 0.264 e. The molecule has 0 aromatic heterocycles. The van der Waals surface area contributed by atoms with Crippen molar-refractivity contribution in [2.24, 2.45) is 5.92 Å². The summed E-state index contributed by atoms with van der Waals surface area (Å²) in [4.78, 5) is 12.3. The Morgan fingerprint density at radius 1 is 1.22 bits per heavy atom. The topological polar surface area (TPSA) is 78.5 Å². The van der Waals surface area contributed by atoms with Gasteiger partial charge in [-0.15, -0.1) is 12.4 Å². The number of carbonyl (C=O) groups is 1. The van der Waals surface area contributed by atoms with E-state index in [-0.39, 0.29) is 23.2 Å². The van der Waals surface area contributed by atoms with E-state index in [9.17, 15) is 13.2 Å². The van der Waals surface area contributed by atoms with Crippen LogP contribution in [0.15, 0.2) is 53.4 Å². The normalized spacial score (nSPS) is 14.0. The van der Waals surface area contributed by atoms with Crippen LogP contribution in [-0.4, -0.2) is 41.0 Å². The molecule has 0 radical (unpaired) electrons. The Bertz CT molecular complexity index is 918. The quantitative estimate of drug-likeness (QED) is 0.739. The van der Waals surface area contributed by atoms with Gasteiger partial charge in [0.25, 0.3) is 15.9 Å². The Balaban J connectivity index is 0.00000261. The molecule has 0 spiro atoms. The fraction of sp³-hybridized carbons (Fsp3) is 0.278. The van der Waals surface area contributed by atoms with Gasteiger partial charge in [-0.2, -0.15) is 0 Å². The Morgan fingerprint density at radius 2 is 1.93 bits per heavy atom. The van der Waals surface area contributed by atoms with Gasteiger partial charge in [-0.3, -0.25) is 9.10 Å². The first-order valence-electron chi connectivity index (χ1n) is 8.21. The predicted octanol–water partition coefficient (Wildman–Crippen LogP) is 2.54. The van der Waals surface area contributed by atoms with Crippen molar-refractivity contribution in [3.05, 3.63) is 59.1 Å². The third-order valence-electron chi connectivity index (χ3n) is 4.34. The van der Waals surface area contributed by atoms with Gasteiger partial charge in [0.2, 0.25) is 0 Å². The lowest BCUT2D eigenvalue weighted by molar-refractivity contribution is 0.0942. The molecule has 0 aliphatic carbocycles. The summed E-state index contributed by atoms with van der Waals surface area (Å²) in [6.45, 7) is 2.35. The second-order valence-electron chi connectivity index (χ2n) is 6.21. The van der Waals surface area contributed by atoms with E-state index >= 15 is 0 Å². The molecule has 3 rings (SSSR count). The number of benzene rings is 2. The van der Waals surface area contributed by atoms with Crippen LogP contribution in [0.2, 0.25) is 5.02 Å². The lowest BCUT2D eigenvalue weighted by Gasteiger charge is -2.27. The molecule has 1 fully saturated rings. The first-order chi connectivity index (χ1) is 12.4. The molecule has 2 N–H and O–H groups in total. The minimum atomic E-state index is -3.80. The molecule has 6 nitrogen and oxygen atoms in total. The van der Waals surface area contributed by atoms with Crippen molar-refractivity contribution in [1.82, 2.24) is 10.6 Å². The summed E-state index contributed by atoms with van der Waals surface area (Å²) in [7, 11) is -2.35. The number of nitrogens with one attached hydrogen (secondary N) is 2. The molecule has 0 atom stereocenters. The fourth-order valence-corrected chi connectivity index (χ4v) is 4.02. The lowest BCUT2D eigenvalue weighted by atomic mass is 10.0. The number of rotatable bonds is 6. The summed E-state index contributed by atoms with van der Waals surface area (Å²) < 4.78 is 26.9. The number of nitrogens with zero attached hydrogens (tertiary/aromatic N) is 1. The number of anilines is 1. The van der Waals surface area contributed by atoms with Crippen LogP contribution in [0.5, 0.6) is 0 Å². The van der Waals surface area contributed by atoms with E-state index in [0.717, 1.165) is 17.4 Å². The molecule has 9 heteroatoms. The first-order valence-corrected chi connectivity index (χ1v) is 10.0. The highest BCUT2D eigenvalue weighted by Gasteiger charge is 2.23. The molecule has 0 unspecified atom stereocenters. The highest BCUT2D eigenvalue weighted by molar-refractivity contribution is 7.92. The third kappa shape index (κ3) is 4.93. The monoisotopic (exact) mass is 429 g/mol. The van der Waals surface area contributed by atoms with Gasteiger partial charge in [0, 0.05) is 43.2 Å². The van der Waals surface area contributed by atoms with E-state index < -0.39 is 10.0 Å². The van der Waals surface area contributed by atoms with E-state index in [1.807, 2.05) is 0 Å². The van der Waals surface area contributed by atoms with Crippen LogP contribution in [0.3, 0.4) is 0 Å². The average molecular weight is 430 g/mol. The van der Waals surface area contributed by atoms with Crippen molar-refractivity contribution >= 4 is 45.6 Å². The van der Waals surface area contributed by atoms with Crippen molar-refractivity contribution in [1.29, 1.82) is 0 Å². The fourth-order valence-electron chi connectivity index (χ4n) is 2.60. The van der Waals surface area contributed by atoms with Crippen molar-refractivity contribution in [3.8, 4) is 0 Å². The van der Waals surface area contributed by atoms with Gasteiger partial charge in [0.1, 0.15) is 0 Å². The first kappa shape index (κ1) is 21.5. The Hall–Kier alpha value is -1.80. The molecule has 0 saturated carbocycles. The van der Waals surface area contributed by atoms with Gasteiger partial charge in [-0.1, -0.05) is 23.7 Å². The summed E-state index contributed by atoms with van der Waals surface area (Å²) in [5.74, 6) is 0.152. The van der Waals surface area contributed by atoms with E-state index in [1.165, 1.54) is 19.2 Å². The van der Waals surface area contributed by atoms with Crippen molar-refractivity contribution in [2.45, 2.75) is 4.90 Å². The summed E-state index contributed by atoms with van der Waals surface area (Å²) in [6, 6.07) is 12.6. The third-order valence-corrected chi connectivity index (χ3v) is 6.36. The molecule has 0 bridgehead atoms. The molecule has 1 aliphatic rings. The van der Waals surface area contributed by atoms with Gasteiger partial charge >= 0.3 is 0 Å². The lowest BCUT2D eigenvalue weighted by Crippen LogP contribution is -2.48. The molecule has 2 aromatic rings. The van der Waals surface area contributed by atoms with Crippen molar-refractivity contribution in [2.75, 3.05) is 31.0 Å². The van der Waals surface area contributed by atoms with Gasteiger partial charge < -0.3 is 10.6 Å². The zero-order chi connectivity index (χ0) is 18.7. The van der Waals surface area contributed by atoms with E-state index in [2.05, 4.69) is 10.6 Å². The van der Waals surface area contributed by atoms with Crippen LogP contribution in [0, 0.1) is 5.92 Å². The van der Waals surface area contributed by atoms with Crippen LogP contribution >= 0.6 is 24.0 Å². The van der Waals surface area contributed by atoms with Crippen LogP contribution in [0.1, 0.15) is 10.4 Å². The average Bonchev–Trinajstić information content (AvgIpc) is 2.59. The predicted molar refractivity (Wildman–Crippen MR) is 109 cm³/mol. The number of amides is 1. The summed E-state index contributed by atoms with van der Waals surface area (Å²) in [5, 5.41) is 6.43. The summed E-state index contributed by atoms with van der Waals surface area (Å²) in [5.41, 5.74) is 0.766.